The predicted molar refractivity (Wildman–Crippen MR) is 64.7 cm³/mol. The highest BCUT2D eigenvalue weighted by Gasteiger charge is 2.24. The minimum atomic E-state index is -4.44. The van der Waals surface area contributed by atoms with Gasteiger partial charge in [0.15, 0.2) is 5.82 Å². The van der Waals surface area contributed by atoms with Crippen LogP contribution in [0.2, 0.25) is 5.02 Å². The fraction of sp³-hybridized carbons (Fsp3) is 0.250. The van der Waals surface area contributed by atoms with Gasteiger partial charge in [-0.05, 0) is 22.0 Å². The summed E-state index contributed by atoms with van der Waals surface area (Å²) in [6.45, 7) is -1.13. The zero-order valence-electron chi connectivity index (χ0n) is 8.55. The minimum absolute atomic E-state index is 0.00511. The number of alkyl halides is 2. The Morgan fingerprint density at radius 3 is 2.56 bits per heavy atom. The molecule has 0 fully saturated rings. The molecule has 0 atom stereocenters. The topological polar surface area (TPSA) is 72.2 Å². The number of rotatable bonds is 4. The van der Waals surface area contributed by atoms with Crippen LogP contribution in [0.1, 0.15) is 0 Å². The van der Waals surface area contributed by atoms with E-state index >= 15 is 0 Å². The fourth-order valence-corrected chi connectivity index (χ4v) is 2.73. The van der Waals surface area contributed by atoms with Crippen LogP contribution in [0.25, 0.3) is 0 Å². The highest BCUT2D eigenvalue weighted by atomic mass is 79.9. The summed E-state index contributed by atoms with van der Waals surface area (Å²) < 4.78 is 62.1. The van der Waals surface area contributed by atoms with E-state index in [-0.39, 0.29) is 9.50 Å². The largest absolute Gasteiger partial charge is 0.395 e. The van der Waals surface area contributed by atoms with Gasteiger partial charge in [-0.15, -0.1) is 0 Å². The molecule has 1 aromatic carbocycles. The van der Waals surface area contributed by atoms with Crippen molar-refractivity contribution in [2.45, 2.75) is 11.3 Å². The molecule has 0 saturated carbocycles. The molecule has 4 nitrogen and oxygen atoms in total. The average Bonchev–Trinajstić information content (AvgIpc) is 2.28. The van der Waals surface area contributed by atoms with Gasteiger partial charge in [-0.3, -0.25) is 0 Å². The van der Waals surface area contributed by atoms with Crippen molar-refractivity contribution in [1.29, 1.82) is 0 Å². The highest BCUT2D eigenvalue weighted by molar-refractivity contribution is 9.10. The summed E-state index contributed by atoms with van der Waals surface area (Å²) >= 11 is 8.49. The first-order valence-corrected chi connectivity index (χ1v) is 7.03. The molecule has 0 aliphatic heterocycles. The number of sulfonamides is 1. The second-order valence-electron chi connectivity index (χ2n) is 3.14. The molecule has 1 aromatic rings. The zero-order valence-corrected chi connectivity index (χ0v) is 11.7. The van der Waals surface area contributed by atoms with E-state index in [1.807, 2.05) is 0 Å². The molecule has 0 aliphatic carbocycles. The van der Waals surface area contributed by atoms with E-state index in [9.17, 15) is 21.6 Å². The number of nitrogens with one attached hydrogen (secondary N) is 1. The first-order valence-electron chi connectivity index (χ1n) is 4.37. The van der Waals surface area contributed by atoms with Gasteiger partial charge < -0.3 is 5.73 Å². The molecule has 0 spiro atoms. The Balaban J connectivity index is 3.25. The van der Waals surface area contributed by atoms with Crippen LogP contribution >= 0.6 is 27.5 Å². The Labute approximate surface area is 114 Å². The van der Waals surface area contributed by atoms with Crippen molar-refractivity contribution >= 4 is 43.2 Å². The number of hydrogen-bond acceptors (Lipinski definition) is 3. The molecular formula is C8H7BrClF3N2O2S. The summed E-state index contributed by atoms with van der Waals surface area (Å²) in [5.74, 6) is -1.26. The number of hydrogen-bond donors (Lipinski definition) is 2. The first kappa shape index (κ1) is 15.5. The summed E-state index contributed by atoms with van der Waals surface area (Å²) in [7, 11) is -4.44. The van der Waals surface area contributed by atoms with Crippen molar-refractivity contribution in [2.75, 3.05) is 12.3 Å². The van der Waals surface area contributed by atoms with E-state index < -0.39 is 39.4 Å². The van der Waals surface area contributed by atoms with E-state index in [2.05, 4.69) is 15.9 Å². The average molecular weight is 368 g/mol. The van der Waals surface area contributed by atoms with Gasteiger partial charge in [0.1, 0.15) is 4.90 Å². The molecule has 102 valence electrons. The monoisotopic (exact) mass is 366 g/mol. The Bertz CT molecular complexity index is 568. The van der Waals surface area contributed by atoms with Gasteiger partial charge in [0.25, 0.3) is 6.43 Å². The van der Waals surface area contributed by atoms with Crippen molar-refractivity contribution in [2.24, 2.45) is 0 Å². The summed E-state index contributed by atoms with van der Waals surface area (Å²) in [6.07, 6.45) is -2.90. The lowest BCUT2D eigenvalue weighted by Gasteiger charge is -2.10. The maximum Gasteiger partial charge on any atom is 0.251 e. The Morgan fingerprint density at radius 2 is 2.06 bits per heavy atom. The van der Waals surface area contributed by atoms with E-state index in [0.29, 0.717) is 0 Å². The van der Waals surface area contributed by atoms with E-state index in [1.54, 1.807) is 4.72 Å². The van der Waals surface area contributed by atoms with Gasteiger partial charge in [0.2, 0.25) is 10.0 Å². The Morgan fingerprint density at radius 1 is 1.50 bits per heavy atom. The van der Waals surface area contributed by atoms with Crippen LogP contribution in [-0.4, -0.2) is 21.4 Å². The molecule has 0 amide bonds. The van der Waals surface area contributed by atoms with Crippen molar-refractivity contribution in [3.05, 3.63) is 21.4 Å². The first-order chi connectivity index (χ1) is 8.16. The molecule has 0 saturated heterocycles. The normalized spacial score (nSPS) is 12.1. The number of halogens is 5. The molecule has 1 rings (SSSR count). The van der Waals surface area contributed by atoms with E-state index in [1.165, 1.54) is 0 Å². The van der Waals surface area contributed by atoms with Crippen LogP contribution in [-0.2, 0) is 10.0 Å². The number of nitrogen functional groups attached to an aromatic ring is 1. The van der Waals surface area contributed by atoms with Crippen LogP contribution in [0.15, 0.2) is 15.4 Å². The lowest BCUT2D eigenvalue weighted by molar-refractivity contribution is 0.153. The van der Waals surface area contributed by atoms with Gasteiger partial charge in [-0.25, -0.2) is 26.3 Å². The van der Waals surface area contributed by atoms with Gasteiger partial charge in [-0.2, -0.15) is 0 Å². The second kappa shape index (κ2) is 5.64. The molecule has 0 heterocycles. The van der Waals surface area contributed by atoms with Gasteiger partial charge in [0.05, 0.1) is 21.7 Å². The van der Waals surface area contributed by atoms with Gasteiger partial charge >= 0.3 is 0 Å². The van der Waals surface area contributed by atoms with Crippen LogP contribution < -0.4 is 10.5 Å². The third-order valence-electron chi connectivity index (χ3n) is 1.87. The molecule has 0 unspecified atom stereocenters. The van der Waals surface area contributed by atoms with E-state index in [4.69, 9.17) is 17.3 Å². The summed E-state index contributed by atoms with van der Waals surface area (Å²) in [6, 6.07) is 0.783. The van der Waals surface area contributed by atoms with Gasteiger partial charge in [-0.1, -0.05) is 11.6 Å². The number of nitrogens with two attached hydrogens (primary N) is 1. The molecule has 10 heteroatoms. The molecule has 0 aliphatic rings. The maximum atomic E-state index is 13.6. The van der Waals surface area contributed by atoms with Crippen molar-refractivity contribution in [1.82, 2.24) is 4.72 Å². The van der Waals surface area contributed by atoms with Crippen LogP contribution in [0, 0.1) is 5.82 Å². The van der Waals surface area contributed by atoms with Crippen LogP contribution in [0.4, 0.5) is 18.9 Å². The Hall–Kier alpha value is -0.510. The molecule has 3 N–H and O–H groups in total. The molecule has 18 heavy (non-hydrogen) atoms. The third kappa shape index (κ3) is 3.28. The number of benzene rings is 1. The van der Waals surface area contributed by atoms with Crippen molar-refractivity contribution < 1.29 is 21.6 Å². The fourth-order valence-electron chi connectivity index (χ4n) is 1.05. The van der Waals surface area contributed by atoms with Crippen LogP contribution in [0.5, 0.6) is 0 Å². The second-order valence-corrected chi connectivity index (χ2v) is 6.08. The maximum absolute atomic E-state index is 13.6. The quantitative estimate of drug-likeness (QED) is 0.634. The minimum Gasteiger partial charge on any atom is -0.395 e. The zero-order chi connectivity index (χ0) is 14.1. The number of anilines is 1. The van der Waals surface area contributed by atoms with Crippen molar-refractivity contribution in [3.63, 3.8) is 0 Å². The van der Waals surface area contributed by atoms with Crippen molar-refractivity contribution in [3.8, 4) is 0 Å². The lowest BCUT2D eigenvalue weighted by Crippen LogP contribution is -2.29. The third-order valence-corrected chi connectivity index (χ3v) is 4.68. The Kier molecular flexibility index (Phi) is 4.87. The summed E-state index contributed by atoms with van der Waals surface area (Å²) in [4.78, 5) is -0.881. The lowest BCUT2D eigenvalue weighted by atomic mass is 10.3. The summed E-state index contributed by atoms with van der Waals surface area (Å²) in [5, 5.41) is -0.147. The van der Waals surface area contributed by atoms with Crippen LogP contribution in [0.3, 0.4) is 0 Å². The smallest absolute Gasteiger partial charge is 0.251 e. The molecule has 0 aromatic heterocycles. The predicted octanol–water partition coefficient (Wildman–Crippen LogP) is 2.37. The standard InChI is InChI=1S/C8H7BrClF3N2O2S/c9-6-3(10)1-4(7(13)8(6)14)18(16,17)15-2-5(11)12/h1,5,15H,2,14H2. The molecule has 0 radical (unpaired) electrons. The van der Waals surface area contributed by atoms with Gasteiger partial charge in [0, 0.05) is 0 Å². The molecule has 0 bridgehead atoms. The van der Waals surface area contributed by atoms with E-state index in [0.717, 1.165) is 6.07 Å². The molecular weight excluding hydrogens is 361 g/mol. The highest BCUT2D eigenvalue weighted by Crippen LogP contribution is 2.34. The SMILES string of the molecule is Nc1c(F)c(S(=O)(=O)NCC(F)F)cc(Cl)c1Br. The summed E-state index contributed by atoms with van der Waals surface area (Å²) in [5.41, 5.74) is 4.78.